The molecule has 0 unspecified atom stereocenters. The summed E-state index contributed by atoms with van der Waals surface area (Å²) in [6, 6.07) is 0. The van der Waals surface area contributed by atoms with Gasteiger partial charge in [-0.05, 0) is 0 Å². The number of carbonyl (C=O) groups is 2. The number of hydrogen-bond acceptors (Lipinski definition) is 3. The van der Waals surface area contributed by atoms with Gasteiger partial charge in [0, 0.05) is 42.6 Å². The Hall–Kier alpha value is -0.177. The van der Waals surface area contributed by atoms with E-state index in [1.165, 1.54) is 0 Å². The molecule has 0 aromatic rings. The van der Waals surface area contributed by atoms with Crippen LogP contribution < -0.4 is 0 Å². The molecule has 0 amide bonds. The minimum absolute atomic E-state index is 0. The smallest absolute Gasteiger partial charge is 0.449 e. The van der Waals surface area contributed by atoms with Crippen LogP contribution in [-0.4, -0.2) is 17.2 Å². The summed E-state index contributed by atoms with van der Waals surface area (Å²) in [6.07, 6.45) is -0.844. The van der Waals surface area contributed by atoms with E-state index in [0.29, 0.717) is 0 Å². The van der Waals surface area contributed by atoms with Crippen LogP contribution >= 0.6 is 0 Å². The first-order valence-corrected chi connectivity index (χ1v) is 1.74. The number of rotatable bonds is 1. The summed E-state index contributed by atoms with van der Waals surface area (Å²) >= 11 is 0. The molecule has 0 aromatic heterocycles. The third-order valence-corrected chi connectivity index (χ3v) is 0.355. The van der Waals surface area contributed by atoms with Gasteiger partial charge in [-0.3, -0.25) is 0 Å². The molecule has 0 rings (SSSR count). The zero-order valence-electron chi connectivity index (χ0n) is 4.97. The maximum Gasteiger partial charge on any atom is 0.513 e. The van der Waals surface area contributed by atoms with E-state index in [-0.39, 0.29) is 36.5 Å². The third kappa shape index (κ3) is 10.7. The van der Waals surface area contributed by atoms with Gasteiger partial charge in [0.1, 0.15) is 0 Å². The zero-order chi connectivity index (χ0) is 6.57. The molecule has 10 heavy (non-hydrogen) atoms. The van der Waals surface area contributed by atoms with E-state index in [1.54, 1.807) is 0 Å². The Morgan fingerprint density at radius 1 is 1.50 bits per heavy atom. The molecule has 0 fully saturated rings. The molecule has 6 heteroatoms. The first-order chi connectivity index (χ1) is 3.66. The van der Waals surface area contributed by atoms with Crippen molar-refractivity contribution in [3.05, 3.63) is 12.7 Å². The second-order valence-corrected chi connectivity index (χ2v) is 0.891. The molecule has 0 heterocycles. The summed E-state index contributed by atoms with van der Waals surface area (Å²) in [4.78, 5) is 19.4. The second kappa shape index (κ2) is 8.82. The Bertz CT molecular complexity index is 135. The molecule has 0 bridgehead atoms. The first kappa shape index (κ1) is 16.4. The fourth-order valence-corrected chi connectivity index (χ4v) is 0.128. The van der Waals surface area contributed by atoms with Gasteiger partial charge in [-0.15, -0.1) is 0 Å². The number of esters is 1. The average Bonchev–Trinajstić information content (AvgIpc) is 1.65. The van der Waals surface area contributed by atoms with Crippen LogP contribution in [0.25, 0.3) is 0 Å². The standard InChI is InChI=1S/C4H4O4.Cu.Zn/c1-2-3(5)8-4(6)7;;/h2H,1H2,(H,6,7);;. The molecule has 0 aliphatic heterocycles. The largest absolute Gasteiger partial charge is 0.513 e. The van der Waals surface area contributed by atoms with Gasteiger partial charge in [0.05, 0.1) is 0 Å². The van der Waals surface area contributed by atoms with Crippen LogP contribution in [-0.2, 0) is 46.1 Å². The van der Waals surface area contributed by atoms with Gasteiger partial charge in [0.25, 0.3) is 0 Å². The molecule has 4 nitrogen and oxygen atoms in total. The quantitative estimate of drug-likeness (QED) is 0.314. The van der Waals surface area contributed by atoms with Crippen LogP contribution in [0.1, 0.15) is 0 Å². The van der Waals surface area contributed by atoms with Gasteiger partial charge in [0.15, 0.2) is 0 Å². The summed E-state index contributed by atoms with van der Waals surface area (Å²) in [6.45, 7) is 2.98. The van der Waals surface area contributed by atoms with E-state index >= 15 is 0 Å². The van der Waals surface area contributed by atoms with Crippen molar-refractivity contribution in [1.82, 2.24) is 0 Å². The molecule has 1 radical (unpaired) electrons. The molecule has 0 atom stereocenters. The van der Waals surface area contributed by atoms with E-state index < -0.39 is 12.1 Å². The van der Waals surface area contributed by atoms with Crippen LogP contribution in [0.15, 0.2) is 12.7 Å². The van der Waals surface area contributed by atoms with Gasteiger partial charge in [0.2, 0.25) is 0 Å². The minimum Gasteiger partial charge on any atom is -0.449 e. The molecule has 0 saturated heterocycles. The summed E-state index contributed by atoms with van der Waals surface area (Å²) in [5.74, 6) is -0.961. The van der Waals surface area contributed by atoms with Crippen molar-refractivity contribution in [1.29, 1.82) is 0 Å². The Morgan fingerprint density at radius 3 is 2.00 bits per heavy atom. The normalized spacial score (nSPS) is 6.00. The SMILES string of the molecule is C=CC(=O)OC(=O)O.[Cu].[Zn]. The zero-order valence-corrected chi connectivity index (χ0v) is 8.87. The topological polar surface area (TPSA) is 63.6 Å². The Morgan fingerprint density at radius 2 is 1.90 bits per heavy atom. The summed E-state index contributed by atoms with van der Waals surface area (Å²) in [7, 11) is 0. The van der Waals surface area contributed by atoms with Gasteiger partial charge in [-0.25, -0.2) is 9.59 Å². The molecule has 0 aliphatic carbocycles. The molecule has 57 valence electrons. The molecule has 0 spiro atoms. The van der Waals surface area contributed by atoms with E-state index in [9.17, 15) is 9.59 Å². The first-order valence-electron chi connectivity index (χ1n) is 1.74. The Balaban J connectivity index is -0.000000245. The minimum atomic E-state index is -1.62. The van der Waals surface area contributed by atoms with Crippen molar-refractivity contribution < 1.29 is 56.0 Å². The van der Waals surface area contributed by atoms with Crippen molar-refractivity contribution in [2.45, 2.75) is 0 Å². The van der Waals surface area contributed by atoms with Gasteiger partial charge in [-0.2, -0.15) is 0 Å². The fourth-order valence-electron chi connectivity index (χ4n) is 0.128. The van der Waals surface area contributed by atoms with Gasteiger partial charge in [-0.1, -0.05) is 6.58 Å². The Kier molecular flexibility index (Phi) is 14.5. The second-order valence-electron chi connectivity index (χ2n) is 0.891. The van der Waals surface area contributed by atoms with Crippen LogP contribution in [0.5, 0.6) is 0 Å². The van der Waals surface area contributed by atoms with E-state index in [4.69, 9.17) is 5.11 Å². The van der Waals surface area contributed by atoms with Crippen LogP contribution in [0.3, 0.4) is 0 Å². The van der Waals surface area contributed by atoms with Crippen molar-refractivity contribution >= 4 is 12.1 Å². The maximum absolute atomic E-state index is 9.90. The average molecular weight is 245 g/mol. The predicted molar refractivity (Wildman–Crippen MR) is 24.3 cm³/mol. The van der Waals surface area contributed by atoms with Crippen LogP contribution in [0.4, 0.5) is 4.79 Å². The molecule has 0 saturated carbocycles. The van der Waals surface area contributed by atoms with E-state index in [1.807, 2.05) is 0 Å². The summed E-state index contributed by atoms with van der Waals surface area (Å²) in [5, 5.41) is 7.72. The Labute approximate surface area is 80.9 Å². The monoisotopic (exact) mass is 243 g/mol. The van der Waals surface area contributed by atoms with E-state index in [2.05, 4.69) is 11.3 Å². The van der Waals surface area contributed by atoms with Gasteiger partial charge >= 0.3 is 12.1 Å². The predicted octanol–water partition coefficient (Wildman–Crippen LogP) is 0.389. The summed E-state index contributed by atoms with van der Waals surface area (Å²) in [5.41, 5.74) is 0. The van der Waals surface area contributed by atoms with Crippen molar-refractivity contribution in [2.75, 3.05) is 0 Å². The molecule has 1 N–H and O–H groups in total. The third-order valence-electron chi connectivity index (χ3n) is 0.355. The fraction of sp³-hybridized carbons (Fsp3) is 0. The summed E-state index contributed by atoms with van der Waals surface area (Å²) < 4.78 is 3.56. The molecule has 0 aromatic carbocycles. The number of carboxylic acid groups (broad SMARTS) is 1. The van der Waals surface area contributed by atoms with Crippen molar-refractivity contribution in [3.63, 3.8) is 0 Å². The number of carbonyl (C=O) groups excluding carboxylic acids is 1. The van der Waals surface area contributed by atoms with Crippen LogP contribution in [0, 0.1) is 0 Å². The molecular formula is C4H4CuO4Zn. The number of ether oxygens (including phenoxy) is 1. The van der Waals surface area contributed by atoms with E-state index in [0.717, 1.165) is 6.08 Å². The van der Waals surface area contributed by atoms with Crippen molar-refractivity contribution in [2.24, 2.45) is 0 Å². The van der Waals surface area contributed by atoms with Crippen LogP contribution in [0.2, 0.25) is 0 Å². The number of hydrogen-bond donors (Lipinski definition) is 1. The molecule has 0 aliphatic rings. The maximum atomic E-state index is 9.90. The molecular weight excluding hydrogens is 241 g/mol. The van der Waals surface area contributed by atoms with Crippen molar-refractivity contribution in [3.8, 4) is 0 Å². The van der Waals surface area contributed by atoms with Gasteiger partial charge < -0.3 is 9.84 Å².